The molecule has 30 nitrogen and oxygen atoms in total. The van der Waals surface area contributed by atoms with Crippen molar-refractivity contribution in [1.29, 1.82) is 0 Å². The fourth-order valence-corrected chi connectivity index (χ4v) is 17.0. The summed E-state index contributed by atoms with van der Waals surface area (Å²) in [4.78, 5) is 68.0. The Labute approximate surface area is 802 Å². The second-order valence-corrected chi connectivity index (χ2v) is 36.2. The zero-order chi connectivity index (χ0) is 93.7. The molecule has 0 spiro atoms. The average Bonchev–Trinajstić information content (AvgIpc) is 0.866. The Morgan fingerprint density at radius 1 is 0.170 bits per heavy atom. The molecule has 135 heavy (non-hydrogen) atoms. The molecule has 10 aromatic rings. The predicted octanol–water partition coefficient (Wildman–Crippen LogP) is 21.2. The molecule has 0 saturated carbocycles. The predicted molar refractivity (Wildman–Crippen MR) is 549 cm³/mol. The third-order valence-corrected chi connectivity index (χ3v) is 24.9. The molecular weight excluding hydrogens is 1690 g/mol. The Kier molecular flexibility index (Phi) is 49.6. The molecule has 5 aliphatic heterocycles. The molecule has 0 fully saturated rings. The Balaban J connectivity index is 0.000000162. The van der Waals surface area contributed by atoms with Gasteiger partial charge in [-0.25, -0.2) is 24.9 Å². The van der Waals surface area contributed by atoms with E-state index in [1.165, 1.54) is 57.8 Å². The highest BCUT2D eigenvalue weighted by Gasteiger charge is 2.20. The van der Waals surface area contributed by atoms with Gasteiger partial charge in [0.05, 0.1) is 86.8 Å². The van der Waals surface area contributed by atoms with Crippen LogP contribution in [0.4, 0.5) is 58.8 Å². The molecule has 5 aliphatic rings. The van der Waals surface area contributed by atoms with Gasteiger partial charge in [0, 0.05) is 127 Å². The van der Waals surface area contributed by atoms with E-state index in [1.807, 2.05) is 122 Å². The minimum Gasteiger partial charge on any atom is -0.393 e. The Morgan fingerprint density at radius 2 is 0.319 bits per heavy atom. The van der Waals surface area contributed by atoms with E-state index in [9.17, 15) is 25.5 Å². The van der Waals surface area contributed by atoms with E-state index in [-0.39, 0.29) is 30.5 Å². The van der Waals surface area contributed by atoms with E-state index in [0.717, 1.165) is 382 Å². The van der Waals surface area contributed by atoms with Gasteiger partial charge < -0.3 is 78.7 Å². The molecule has 0 amide bonds. The van der Waals surface area contributed by atoms with Crippen LogP contribution in [-0.2, 0) is 0 Å². The van der Waals surface area contributed by atoms with E-state index in [2.05, 4.69) is 113 Å². The molecule has 0 radical (unpaired) electrons. The van der Waals surface area contributed by atoms with Gasteiger partial charge in [-0.1, -0.05) is 178 Å². The summed E-state index contributed by atoms with van der Waals surface area (Å²) in [6.07, 6.45) is 65.8. The summed E-state index contributed by atoms with van der Waals surface area (Å²) < 4.78 is 0. The minimum atomic E-state index is -0.157. The van der Waals surface area contributed by atoms with E-state index in [4.69, 9.17) is 15.0 Å². The Bertz CT molecular complexity index is 4780. The van der Waals surface area contributed by atoms with Crippen LogP contribution in [-0.4, -0.2) is 196 Å². The lowest BCUT2D eigenvalue weighted by atomic mass is 10.0. The quantitative estimate of drug-likeness (QED) is 0.0761. The van der Waals surface area contributed by atoms with Crippen LogP contribution in [0.25, 0.3) is 56.3 Å². The van der Waals surface area contributed by atoms with Crippen LogP contribution in [0.5, 0.6) is 0 Å². The van der Waals surface area contributed by atoms with Crippen LogP contribution < -0.4 is 53.2 Å². The summed E-state index contributed by atoms with van der Waals surface area (Å²) in [5.41, 5.74) is 8.97. The number of aromatic nitrogens is 15. The van der Waals surface area contributed by atoms with Gasteiger partial charge in [0.2, 0.25) is 29.7 Å². The average molecular weight is 1850 g/mol. The lowest BCUT2D eigenvalue weighted by molar-refractivity contribution is 0.147. The van der Waals surface area contributed by atoms with Gasteiger partial charge in [-0.3, -0.25) is 24.9 Å². The molecule has 15 rings (SSSR count). The number of hydrogen-bond acceptors (Lipinski definition) is 30. The van der Waals surface area contributed by atoms with Gasteiger partial charge in [0.15, 0.2) is 0 Å². The standard InChI is InChI=1S/2C22H33N5O.C21H31N5O.2C20H29N5O/c28-18-11-5-2-1-3-8-16-25-22-26-17-19(20-13-7-10-14-23-20)21(27-22)24-15-9-4-6-12-18;28-18-11-5-3-1-2-4-8-16-25-22-26-17-19(20-13-7-10-14-23-20)21(27-22)24-15-9-6-12-18;27-17-10-4-1-2-7-15-24-21-25-16-18(19-12-6-9-13-22-19)20(26-21)23-14-8-3-5-11-17;26-16-9-3-1-6-13-22-19-17(18-11-5-8-12-21-18)15-24-20(25-19)23-14-7-2-4-10-16;26-16-9-3-1-2-6-14-23-20-24-15-17(18-11-5-8-12-21-18)19(25-20)22-13-7-4-10-16/h2*7,10,13-14,17-18,28H,1-6,8-9,11-12,15-16H2,(H2,24,25,26,27);6,9,12-13,16-17,27H,1-5,7-8,10-11,14-15H2,(H2,23,24,25,26);2*5,8,11-12,15-16,26H,1-4,6-7,9-10,13-14H2,(H2,22,23,24,25). The number of pyridine rings is 5. The van der Waals surface area contributed by atoms with Crippen molar-refractivity contribution in [1.82, 2.24) is 74.8 Å². The molecule has 0 aromatic carbocycles. The number of fused-ring (bicyclic) bond motifs is 10. The van der Waals surface area contributed by atoms with Crippen LogP contribution >= 0.6 is 0 Å². The maximum atomic E-state index is 10.1. The van der Waals surface area contributed by atoms with Crippen molar-refractivity contribution < 1.29 is 25.5 Å². The molecule has 15 N–H and O–H groups in total. The van der Waals surface area contributed by atoms with Crippen LogP contribution in [0, 0.1) is 0 Å². The van der Waals surface area contributed by atoms with Crippen molar-refractivity contribution >= 4 is 58.8 Å². The third kappa shape index (κ3) is 41.2. The number of nitrogens with zero attached hydrogens (tertiary/aromatic N) is 15. The Morgan fingerprint density at radius 3 is 0.496 bits per heavy atom. The lowest BCUT2D eigenvalue weighted by Gasteiger charge is -2.14. The van der Waals surface area contributed by atoms with Crippen molar-refractivity contribution in [2.24, 2.45) is 0 Å². The van der Waals surface area contributed by atoms with E-state index < -0.39 is 0 Å². The van der Waals surface area contributed by atoms with Gasteiger partial charge >= 0.3 is 0 Å². The highest BCUT2D eigenvalue weighted by molar-refractivity contribution is 5.76. The van der Waals surface area contributed by atoms with Gasteiger partial charge in [0.25, 0.3) is 0 Å². The summed E-state index contributed by atoms with van der Waals surface area (Å²) in [7, 11) is 0. The number of aliphatic hydroxyl groups excluding tert-OH is 5. The monoisotopic (exact) mass is 1850 g/mol. The molecule has 5 unspecified atom stereocenters. The maximum Gasteiger partial charge on any atom is 0.224 e. The second kappa shape index (κ2) is 64.1. The smallest absolute Gasteiger partial charge is 0.224 e. The van der Waals surface area contributed by atoms with E-state index in [1.54, 1.807) is 31.0 Å². The van der Waals surface area contributed by atoms with Crippen molar-refractivity contribution in [2.45, 2.75) is 319 Å². The first-order valence-electron chi connectivity index (χ1n) is 51.3. The summed E-state index contributed by atoms with van der Waals surface area (Å²) in [5, 5.41) is 84.4. The fourth-order valence-electron chi connectivity index (χ4n) is 17.0. The summed E-state index contributed by atoms with van der Waals surface area (Å²) in [6.45, 7) is 8.55. The first-order chi connectivity index (χ1) is 66.6. The first kappa shape index (κ1) is 104. The molecule has 0 aliphatic carbocycles. The fraction of sp³-hybridized carbons (Fsp3) is 0.571. The number of rotatable bonds is 5. The maximum absolute atomic E-state index is 10.1. The van der Waals surface area contributed by atoms with Crippen molar-refractivity contribution in [3.63, 3.8) is 0 Å². The van der Waals surface area contributed by atoms with Crippen molar-refractivity contribution in [3.05, 3.63) is 153 Å². The number of anilines is 10. The summed E-state index contributed by atoms with van der Waals surface area (Å²) in [5.74, 6) is 7.43. The first-order valence-corrected chi connectivity index (χ1v) is 51.3. The van der Waals surface area contributed by atoms with Crippen LogP contribution in [0.15, 0.2) is 153 Å². The summed E-state index contributed by atoms with van der Waals surface area (Å²) >= 11 is 0. The molecule has 10 bridgehead atoms. The molecule has 730 valence electrons. The van der Waals surface area contributed by atoms with Crippen LogP contribution in [0.1, 0.15) is 289 Å². The van der Waals surface area contributed by atoms with Crippen molar-refractivity contribution in [2.75, 3.05) is 119 Å². The highest BCUT2D eigenvalue weighted by Crippen LogP contribution is 2.32. The molecule has 5 atom stereocenters. The normalized spacial score (nSPS) is 20.1. The zero-order valence-electron chi connectivity index (χ0n) is 80.2. The topological polar surface area (TPSA) is 415 Å². The second-order valence-electron chi connectivity index (χ2n) is 36.2. The number of hydrogen-bond donors (Lipinski definition) is 15. The molecule has 10 aromatic heterocycles. The van der Waals surface area contributed by atoms with Crippen LogP contribution in [0.3, 0.4) is 0 Å². The van der Waals surface area contributed by atoms with E-state index in [0.29, 0.717) is 29.7 Å². The van der Waals surface area contributed by atoms with Gasteiger partial charge in [-0.2, -0.15) is 24.9 Å². The lowest BCUT2D eigenvalue weighted by Crippen LogP contribution is -2.12. The third-order valence-electron chi connectivity index (χ3n) is 24.9. The largest absolute Gasteiger partial charge is 0.393 e. The van der Waals surface area contributed by atoms with Gasteiger partial charge in [-0.15, -0.1) is 0 Å². The number of nitrogens with one attached hydrogen (secondary N) is 10. The van der Waals surface area contributed by atoms with Gasteiger partial charge in [-0.05, 0) is 202 Å². The minimum absolute atomic E-state index is 0.131. The Hall–Kier alpha value is -11.1. The number of aliphatic hydroxyl groups is 5. The van der Waals surface area contributed by atoms with Crippen LogP contribution in [0.2, 0.25) is 0 Å². The molecule has 15 heterocycles. The molecule has 0 saturated heterocycles. The zero-order valence-corrected chi connectivity index (χ0v) is 80.2. The van der Waals surface area contributed by atoms with Crippen molar-refractivity contribution in [3.8, 4) is 56.3 Å². The molecule has 30 heteroatoms. The molecular formula is C105H155N25O5. The van der Waals surface area contributed by atoms with E-state index >= 15 is 0 Å². The SMILES string of the molecule is OC1CCCCCCCCNc2ncc(-c3ccccn3)c(n2)NCCCC1.OC1CCCCCCCNc2ncc(-c3ccccn3)c(n2)NCCCCC1.OC1CCCCCCNc2ncc(-c3ccccn3)c(n2)NCCCC1.OC1CCCCCCNc2ncc(-c3ccccn3)c(n2)NCCCCC1.OC1CCCCCNc2ncc(-c3ccccn3)c(n2)NCCCCC1. The highest BCUT2D eigenvalue weighted by atomic mass is 16.3. The summed E-state index contributed by atoms with van der Waals surface area (Å²) in [6, 6.07) is 29.3. The van der Waals surface area contributed by atoms with Gasteiger partial charge in [0.1, 0.15) is 29.1 Å².